The maximum atomic E-state index is 12.7. The first-order chi connectivity index (χ1) is 12.9. The number of amides is 1. The number of aryl methyl sites for hydroxylation is 1. The number of hydrogen-bond donors (Lipinski definition) is 1. The second-order valence-corrected chi connectivity index (χ2v) is 8.64. The molecule has 0 spiro atoms. The summed E-state index contributed by atoms with van der Waals surface area (Å²) in [7, 11) is -3.54. The second-order valence-electron chi connectivity index (χ2n) is 5.76. The van der Waals surface area contributed by atoms with Gasteiger partial charge in [0.15, 0.2) is 5.16 Å². The molecule has 0 aliphatic rings. The van der Waals surface area contributed by atoms with Crippen LogP contribution in [0.2, 0.25) is 0 Å². The molecule has 0 aliphatic heterocycles. The average Bonchev–Trinajstić information content (AvgIpc) is 3.02. The number of nitrogens with zero attached hydrogens (tertiary/aromatic N) is 3. The summed E-state index contributed by atoms with van der Waals surface area (Å²) in [6.45, 7) is 11.1. The van der Waals surface area contributed by atoms with Gasteiger partial charge in [-0.25, -0.2) is 13.4 Å². The van der Waals surface area contributed by atoms with E-state index in [2.05, 4.69) is 16.9 Å². The summed E-state index contributed by atoms with van der Waals surface area (Å²) in [5.41, 5.74) is 1.46. The molecule has 27 heavy (non-hydrogen) atoms. The lowest BCUT2D eigenvalue weighted by Crippen LogP contribution is -2.30. The van der Waals surface area contributed by atoms with E-state index in [-0.39, 0.29) is 16.6 Å². The number of nitrogens with one attached hydrogen (secondary N) is 1. The van der Waals surface area contributed by atoms with Crippen molar-refractivity contribution in [2.45, 2.75) is 37.4 Å². The number of aromatic nitrogens is 2. The molecule has 1 heterocycles. The Hall–Kier alpha value is -1.84. The molecular weight excluding hydrogens is 384 g/mol. The van der Waals surface area contributed by atoms with E-state index in [1.807, 2.05) is 25.3 Å². The van der Waals surface area contributed by atoms with Crippen LogP contribution in [0.3, 0.4) is 0 Å². The van der Waals surface area contributed by atoms with Gasteiger partial charge in [-0.15, -0.1) is 6.58 Å². The van der Waals surface area contributed by atoms with Gasteiger partial charge in [0.2, 0.25) is 15.9 Å². The average molecular weight is 411 g/mol. The molecule has 148 valence electrons. The van der Waals surface area contributed by atoms with Crippen LogP contribution in [0.1, 0.15) is 20.8 Å². The number of rotatable bonds is 10. The molecule has 0 saturated heterocycles. The summed E-state index contributed by atoms with van der Waals surface area (Å²) in [5, 5.41) is 3.42. The highest BCUT2D eigenvalue weighted by atomic mass is 32.2. The van der Waals surface area contributed by atoms with E-state index in [1.54, 1.807) is 24.3 Å². The standard InChI is InChI=1S/C18H26N4O3S2/c1-5-11-19-17(23)13-26-18-20-15-12-14(9-10-16(15)22(18)8-4)27(24,25)21(6-2)7-3/h5,9-10,12H,1,6-8,11,13H2,2-4H3,(H,19,23). The monoisotopic (exact) mass is 410 g/mol. The molecule has 2 rings (SSSR count). The third-order valence-corrected chi connectivity index (χ3v) is 7.14. The molecule has 7 nitrogen and oxygen atoms in total. The minimum absolute atomic E-state index is 0.0978. The van der Waals surface area contributed by atoms with Gasteiger partial charge in [0.1, 0.15) is 0 Å². The first-order valence-electron chi connectivity index (χ1n) is 8.89. The summed E-state index contributed by atoms with van der Waals surface area (Å²) in [6.07, 6.45) is 1.63. The molecule has 0 saturated carbocycles. The Morgan fingerprint density at radius 1 is 1.33 bits per heavy atom. The molecule has 2 aromatic rings. The zero-order valence-corrected chi connectivity index (χ0v) is 17.6. The molecule has 1 aromatic heterocycles. The van der Waals surface area contributed by atoms with Crippen LogP contribution in [0.5, 0.6) is 0 Å². The molecule has 0 atom stereocenters. The zero-order chi connectivity index (χ0) is 20.0. The van der Waals surface area contributed by atoms with Gasteiger partial charge in [-0.1, -0.05) is 31.7 Å². The summed E-state index contributed by atoms with van der Waals surface area (Å²) in [5.74, 6) is 0.140. The Morgan fingerprint density at radius 3 is 2.63 bits per heavy atom. The Balaban J connectivity index is 2.34. The number of benzene rings is 1. The molecule has 0 radical (unpaired) electrons. The van der Waals surface area contributed by atoms with Crippen LogP contribution < -0.4 is 5.32 Å². The van der Waals surface area contributed by atoms with Crippen molar-refractivity contribution in [1.29, 1.82) is 0 Å². The number of hydrogen-bond acceptors (Lipinski definition) is 5. The lowest BCUT2D eigenvalue weighted by Gasteiger charge is -2.18. The SMILES string of the molecule is C=CCNC(=O)CSc1nc2cc(S(=O)(=O)N(CC)CC)ccc2n1CC. The first kappa shape index (κ1) is 21.5. The number of imidazole rings is 1. The lowest BCUT2D eigenvalue weighted by molar-refractivity contribution is -0.118. The van der Waals surface area contributed by atoms with Gasteiger partial charge in [0.05, 0.1) is 21.7 Å². The van der Waals surface area contributed by atoms with Crippen LogP contribution in [-0.4, -0.2) is 53.6 Å². The molecule has 0 fully saturated rings. The predicted molar refractivity (Wildman–Crippen MR) is 109 cm³/mol. The minimum atomic E-state index is -3.54. The van der Waals surface area contributed by atoms with Crippen molar-refractivity contribution in [3.8, 4) is 0 Å². The molecule has 0 bridgehead atoms. The molecule has 0 aliphatic carbocycles. The Kier molecular flexibility index (Phi) is 7.46. The predicted octanol–water partition coefficient (Wildman–Crippen LogP) is 2.48. The maximum Gasteiger partial charge on any atom is 0.243 e. The smallest absolute Gasteiger partial charge is 0.243 e. The van der Waals surface area contributed by atoms with Gasteiger partial charge in [-0.05, 0) is 25.1 Å². The first-order valence-corrected chi connectivity index (χ1v) is 11.3. The van der Waals surface area contributed by atoms with Gasteiger partial charge in [-0.2, -0.15) is 4.31 Å². The van der Waals surface area contributed by atoms with Crippen molar-refractivity contribution in [3.05, 3.63) is 30.9 Å². The number of carbonyl (C=O) groups is 1. The molecular formula is C18H26N4O3S2. The molecule has 0 unspecified atom stereocenters. The maximum absolute atomic E-state index is 12.7. The van der Waals surface area contributed by atoms with E-state index in [4.69, 9.17) is 0 Å². The van der Waals surface area contributed by atoms with Crippen molar-refractivity contribution in [3.63, 3.8) is 0 Å². The van der Waals surface area contributed by atoms with E-state index < -0.39 is 10.0 Å². The Bertz CT molecular complexity index is 918. The van der Waals surface area contributed by atoms with Crippen LogP contribution >= 0.6 is 11.8 Å². The topological polar surface area (TPSA) is 84.3 Å². The summed E-state index contributed by atoms with van der Waals surface area (Å²) < 4.78 is 28.9. The van der Waals surface area contributed by atoms with Crippen LogP contribution in [0, 0.1) is 0 Å². The fourth-order valence-electron chi connectivity index (χ4n) is 2.74. The van der Waals surface area contributed by atoms with Crippen LogP contribution in [0.15, 0.2) is 40.9 Å². The van der Waals surface area contributed by atoms with Crippen LogP contribution in [0.25, 0.3) is 11.0 Å². The van der Waals surface area contributed by atoms with Gasteiger partial charge in [0.25, 0.3) is 0 Å². The number of carbonyl (C=O) groups excluding carboxylic acids is 1. The fraction of sp³-hybridized carbons (Fsp3) is 0.444. The van der Waals surface area contributed by atoms with Gasteiger partial charge >= 0.3 is 0 Å². The quantitative estimate of drug-likeness (QED) is 0.480. The molecule has 1 amide bonds. The molecule has 1 aromatic carbocycles. The largest absolute Gasteiger partial charge is 0.352 e. The number of thioether (sulfide) groups is 1. The number of fused-ring (bicyclic) bond motifs is 1. The van der Waals surface area contributed by atoms with E-state index >= 15 is 0 Å². The zero-order valence-electron chi connectivity index (χ0n) is 15.9. The number of sulfonamides is 1. The third kappa shape index (κ3) is 4.72. The second kappa shape index (κ2) is 9.38. The van der Waals surface area contributed by atoms with E-state index in [1.165, 1.54) is 16.1 Å². The Labute approximate surface area is 164 Å². The normalized spacial score (nSPS) is 11.9. The molecule has 1 N–H and O–H groups in total. The van der Waals surface area contributed by atoms with E-state index in [0.29, 0.717) is 36.9 Å². The van der Waals surface area contributed by atoms with E-state index in [0.717, 1.165) is 5.52 Å². The molecule has 9 heteroatoms. The third-order valence-electron chi connectivity index (χ3n) is 4.12. The summed E-state index contributed by atoms with van der Waals surface area (Å²) in [6, 6.07) is 5.01. The summed E-state index contributed by atoms with van der Waals surface area (Å²) in [4.78, 5) is 16.6. The summed E-state index contributed by atoms with van der Waals surface area (Å²) >= 11 is 1.33. The van der Waals surface area contributed by atoms with Gasteiger partial charge in [-0.3, -0.25) is 4.79 Å². The van der Waals surface area contributed by atoms with E-state index in [9.17, 15) is 13.2 Å². The van der Waals surface area contributed by atoms with Crippen LogP contribution in [0.4, 0.5) is 0 Å². The Morgan fingerprint density at radius 2 is 2.04 bits per heavy atom. The van der Waals surface area contributed by atoms with Crippen molar-refractivity contribution in [1.82, 2.24) is 19.2 Å². The lowest BCUT2D eigenvalue weighted by atomic mass is 10.3. The van der Waals surface area contributed by atoms with Crippen LogP contribution in [-0.2, 0) is 21.4 Å². The van der Waals surface area contributed by atoms with Crippen molar-refractivity contribution in [2.24, 2.45) is 0 Å². The van der Waals surface area contributed by atoms with Crippen molar-refractivity contribution in [2.75, 3.05) is 25.4 Å². The highest BCUT2D eigenvalue weighted by Gasteiger charge is 2.23. The minimum Gasteiger partial charge on any atom is -0.352 e. The highest BCUT2D eigenvalue weighted by Crippen LogP contribution is 2.27. The fourth-order valence-corrected chi connectivity index (χ4v) is 5.13. The highest BCUT2D eigenvalue weighted by molar-refractivity contribution is 7.99. The van der Waals surface area contributed by atoms with Gasteiger partial charge in [0, 0.05) is 26.2 Å². The van der Waals surface area contributed by atoms with Crippen molar-refractivity contribution < 1.29 is 13.2 Å². The van der Waals surface area contributed by atoms with Gasteiger partial charge < -0.3 is 9.88 Å². The van der Waals surface area contributed by atoms with Crippen molar-refractivity contribution >= 4 is 38.7 Å².